The molecule has 1 fully saturated rings. The van der Waals surface area contributed by atoms with Gasteiger partial charge in [-0.3, -0.25) is 9.48 Å². The molecule has 31 heavy (non-hydrogen) atoms. The number of carbonyl (C=O) groups is 1. The Morgan fingerprint density at radius 2 is 2.23 bits per heavy atom. The largest absolute Gasteiger partial charge is 0.383 e. The summed E-state index contributed by atoms with van der Waals surface area (Å²) in [7, 11) is 1.65. The average Bonchev–Trinajstić information content (AvgIpc) is 3.31. The fourth-order valence-electron chi connectivity index (χ4n) is 4.20. The normalized spacial score (nSPS) is 19.2. The quantitative estimate of drug-likeness (QED) is 0.563. The number of alkyl halides is 1. The van der Waals surface area contributed by atoms with Crippen LogP contribution in [0.25, 0.3) is 22.2 Å². The molecular formula is C21H26ClFN6O2. The fourth-order valence-corrected chi connectivity index (χ4v) is 4.44. The number of H-pyrrole nitrogens is 1. The van der Waals surface area contributed by atoms with E-state index in [1.807, 2.05) is 6.92 Å². The van der Waals surface area contributed by atoms with Crippen molar-refractivity contribution < 1.29 is 13.9 Å². The monoisotopic (exact) mass is 448 g/mol. The predicted molar refractivity (Wildman–Crippen MR) is 118 cm³/mol. The van der Waals surface area contributed by atoms with E-state index in [4.69, 9.17) is 16.3 Å². The number of pyridine rings is 1. The van der Waals surface area contributed by atoms with E-state index in [0.29, 0.717) is 36.8 Å². The van der Waals surface area contributed by atoms with Gasteiger partial charge >= 0.3 is 0 Å². The van der Waals surface area contributed by atoms with Gasteiger partial charge in [0.2, 0.25) is 5.91 Å². The molecule has 0 aliphatic carbocycles. The molecule has 2 N–H and O–H groups in total. The molecule has 10 heteroatoms. The summed E-state index contributed by atoms with van der Waals surface area (Å²) in [4.78, 5) is 20.7. The maximum Gasteiger partial charge on any atom is 0.219 e. The Bertz CT molecular complexity index is 1100. The number of methoxy groups -OCH3 is 1. The highest BCUT2D eigenvalue weighted by atomic mass is 35.5. The average molecular weight is 449 g/mol. The van der Waals surface area contributed by atoms with E-state index in [1.54, 1.807) is 35.3 Å². The Balaban J connectivity index is 1.71. The molecule has 0 bridgehead atoms. The van der Waals surface area contributed by atoms with Crippen molar-refractivity contribution in [3.63, 3.8) is 0 Å². The number of piperidine rings is 1. The molecule has 3 aromatic heterocycles. The van der Waals surface area contributed by atoms with Gasteiger partial charge in [0.25, 0.3) is 0 Å². The van der Waals surface area contributed by atoms with Crippen LogP contribution in [0, 0.1) is 6.92 Å². The Kier molecular flexibility index (Phi) is 6.15. The standard InChI is InChI=1S/C21H26ClFN6O2/c1-12-14(9-27-29(12)18-4-6-28(13(2)30)11-17(18)23)15-8-25-21-19(16(22)10-26-21)20(15)24-5-7-31-3/h8-10,17-18H,4-7,11H2,1-3H3,(H2,24,25,26)/t17-,18-/m0/s1. The highest BCUT2D eigenvalue weighted by Crippen LogP contribution is 2.39. The van der Waals surface area contributed by atoms with Crippen molar-refractivity contribution in [2.24, 2.45) is 0 Å². The van der Waals surface area contributed by atoms with Gasteiger partial charge in [-0.05, 0) is 13.3 Å². The SMILES string of the molecule is COCCNc1c(-c2cnn([C@H]3CCN(C(C)=O)C[C@@H]3F)c2C)cnc2[nH]cc(Cl)c12. The number of aromatic nitrogens is 4. The molecule has 1 aliphatic heterocycles. The molecule has 0 spiro atoms. The number of halogens is 2. The van der Waals surface area contributed by atoms with Gasteiger partial charge in [0.05, 0.1) is 41.5 Å². The lowest BCUT2D eigenvalue weighted by atomic mass is 10.0. The predicted octanol–water partition coefficient (Wildman–Crippen LogP) is 3.58. The Morgan fingerprint density at radius 1 is 1.42 bits per heavy atom. The number of nitrogens with one attached hydrogen (secondary N) is 2. The van der Waals surface area contributed by atoms with Gasteiger partial charge in [-0.2, -0.15) is 5.10 Å². The summed E-state index contributed by atoms with van der Waals surface area (Å²) in [6.07, 6.45) is 4.55. The van der Waals surface area contributed by atoms with Crippen molar-refractivity contribution >= 4 is 34.2 Å². The maximum atomic E-state index is 14.9. The number of aromatic amines is 1. The number of amides is 1. The van der Waals surface area contributed by atoms with E-state index >= 15 is 0 Å². The van der Waals surface area contributed by atoms with Gasteiger partial charge in [-0.1, -0.05) is 11.6 Å². The molecule has 0 radical (unpaired) electrons. The van der Waals surface area contributed by atoms with Crippen molar-refractivity contribution in [1.82, 2.24) is 24.6 Å². The third kappa shape index (κ3) is 3.99. The molecule has 4 heterocycles. The van der Waals surface area contributed by atoms with Gasteiger partial charge in [-0.25, -0.2) is 9.37 Å². The number of nitrogens with zero attached hydrogens (tertiary/aromatic N) is 4. The number of anilines is 1. The van der Waals surface area contributed by atoms with E-state index < -0.39 is 12.2 Å². The number of likely N-dealkylation sites (tertiary alicyclic amines) is 1. The van der Waals surface area contributed by atoms with Gasteiger partial charge < -0.3 is 19.9 Å². The van der Waals surface area contributed by atoms with Crippen molar-refractivity contribution in [3.05, 3.63) is 29.3 Å². The molecule has 8 nitrogen and oxygen atoms in total. The van der Waals surface area contributed by atoms with Gasteiger partial charge in [-0.15, -0.1) is 0 Å². The van der Waals surface area contributed by atoms with Crippen LogP contribution < -0.4 is 5.32 Å². The maximum absolute atomic E-state index is 14.9. The molecule has 0 unspecified atom stereocenters. The van der Waals surface area contributed by atoms with Crippen molar-refractivity contribution in [2.75, 3.05) is 38.7 Å². The molecule has 1 saturated heterocycles. The van der Waals surface area contributed by atoms with Crippen LogP contribution in [0.1, 0.15) is 25.1 Å². The highest BCUT2D eigenvalue weighted by Gasteiger charge is 2.33. The molecule has 1 aliphatic rings. The third-order valence-electron chi connectivity index (χ3n) is 5.86. The summed E-state index contributed by atoms with van der Waals surface area (Å²) in [6, 6.07) is -0.415. The number of hydrogen-bond donors (Lipinski definition) is 2. The summed E-state index contributed by atoms with van der Waals surface area (Å²) in [5.41, 5.74) is 4.04. The highest BCUT2D eigenvalue weighted by molar-refractivity contribution is 6.36. The van der Waals surface area contributed by atoms with Gasteiger partial charge in [0, 0.05) is 56.3 Å². The molecule has 166 valence electrons. The van der Waals surface area contributed by atoms with Crippen LogP contribution in [0.15, 0.2) is 18.6 Å². The minimum Gasteiger partial charge on any atom is -0.383 e. The zero-order valence-corrected chi connectivity index (χ0v) is 18.5. The number of carbonyl (C=O) groups excluding carboxylic acids is 1. The van der Waals surface area contributed by atoms with Crippen molar-refractivity contribution in [1.29, 1.82) is 0 Å². The van der Waals surface area contributed by atoms with E-state index in [-0.39, 0.29) is 12.5 Å². The first-order valence-electron chi connectivity index (χ1n) is 10.2. The Labute approximate surface area is 184 Å². The smallest absolute Gasteiger partial charge is 0.219 e. The minimum absolute atomic E-state index is 0.0882. The third-order valence-corrected chi connectivity index (χ3v) is 6.16. The molecule has 0 aromatic carbocycles. The first kappa shape index (κ1) is 21.6. The van der Waals surface area contributed by atoms with E-state index in [1.165, 1.54) is 6.92 Å². The summed E-state index contributed by atoms with van der Waals surface area (Å²) < 4.78 is 21.8. The lowest BCUT2D eigenvalue weighted by molar-refractivity contribution is -0.131. The van der Waals surface area contributed by atoms with E-state index in [0.717, 1.165) is 27.9 Å². The van der Waals surface area contributed by atoms with Crippen molar-refractivity contribution in [3.8, 4) is 11.1 Å². The number of rotatable bonds is 6. The van der Waals surface area contributed by atoms with E-state index in [9.17, 15) is 9.18 Å². The summed E-state index contributed by atoms with van der Waals surface area (Å²) in [5, 5.41) is 9.27. The van der Waals surface area contributed by atoms with E-state index in [2.05, 4.69) is 20.4 Å². The van der Waals surface area contributed by atoms with Gasteiger partial charge in [0.1, 0.15) is 11.8 Å². The van der Waals surface area contributed by atoms with Crippen molar-refractivity contribution in [2.45, 2.75) is 32.5 Å². The second-order valence-corrected chi connectivity index (χ2v) is 8.16. The van der Waals surface area contributed by atoms with Crippen LogP contribution >= 0.6 is 11.6 Å². The lowest BCUT2D eigenvalue weighted by Gasteiger charge is -2.34. The number of hydrogen-bond acceptors (Lipinski definition) is 5. The summed E-state index contributed by atoms with van der Waals surface area (Å²) in [6.45, 7) is 5.12. The number of fused-ring (bicyclic) bond motifs is 1. The fraction of sp³-hybridized carbons (Fsp3) is 0.476. The topological polar surface area (TPSA) is 88.1 Å². The zero-order chi connectivity index (χ0) is 22.1. The molecule has 2 atom stereocenters. The Hall–Kier alpha value is -2.65. The first-order chi connectivity index (χ1) is 14.9. The first-order valence-corrected chi connectivity index (χ1v) is 10.6. The molecule has 4 rings (SSSR count). The van der Waals surface area contributed by atoms with Crippen LogP contribution in [0.2, 0.25) is 5.02 Å². The van der Waals surface area contributed by atoms with Crippen LogP contribution in [-0.2, 0) is 9.53 Å². The van der Waals surface area contributed by atoms with Gasteiger partial charge in [0.15, 0.2) is 0 Å². The number of ether oxygens (including phenoxy) is 1. The van der Waals surface area contributed by atoms with Crippen LogP contribution in [0.3, 0.4) is 0 Å². The molecule has 0 saturated carbocycles. The molecular weight excluding hydrogens is 423 g/mol. The Morgan fingerprint density at radius 3 is 2.94 bits per heavy atom. The van der Waals surface area contributed by atoms with Crippen LogP contribution in [0.5, 0.6) is 0 Å². The molecule has 3 aromatic rings. The van der Waals surface area contributed by atoms with Crippen LogP contribution in [0.4, 0.5) is 10.1 Å². The second kappa shape index (κ2) is 8.84. The van der Waals surface area contributed by atoms with Crippen LogP contribution in [-0.4, -0.2) is 70.1 Å². The zero-order valence-electron chi connectivity index (χ0n) is 17.8. The lowest BCUT2D eigenvalue weighted by Crippen LogP contribution is -2.45. The second-order valence-electron chi connectivity index (χ2n) is 7.75. The summed E-state index contributed by atoms with van der Waals surface area (Å²) in [5.74, 6) is -0.103. The molecule has 1 amide bonds. The summed E-state index contributed by atoms with van der Waals surface area (Å²) >= 11 is 6.43. The minimum atomic E-state index is -1.18.